The Morgan fingerprint density at radius 1 is 1.17 bits per heavy atom. The van der Waals surface area contributed by atoms with Crippen LogP contribution in [0.4, 0.5) is 10.1 Å². The van der Waals surface area contributed by atoms with Crippen molar-refractivity contribution in [1.82, 2.24) is 0 Å². The molecule has 2 aromatic carbocycles. The van der Waals surface area contributed by atoms with Crippen molar-refractivity contribution < 1.29 is 17.5 Å². The van der Waals surface area contributed by atoms with Gasteiger partial charge in [-0.2, -0.15) is 0 Å². The minimum absolute atomic E-state index is 0.0483. The van der Waals surface area contributed by atoms with Crippen molar-refractivity contribution in [3.05, 3.63) is 53.8 Å². The quantitative estimate of drug-likeness (QED) is 0.585. The lowest BCUT2D eigenvalue weighted by molar-refractivity contribution is 0.310. The van der Waals surface area contributed by atoms with E-state index in [-0.39, 0.29) is 22.0 Å². The van der Waals surface area contributed by atoms with E-state index in [9.17, 15) is 12.8 Å². The lowest BCUT2D eigenvalue weighted by Gasteiger charge is -2.14. The molecular formula is C22H29FN2O3S. The molecule has 0 radical (unpaired) electrons. The molecule has 1 saturated carbocycles. The minimum Gasteiger partial charge on any atom is -0.491 e. The van der Waals surface area contributed by atoms with Gasteiger partial charge in [-0.25, -0.2) is 17.9 Å². The van der Waals surface area contributed by atoms with E-state index < -0.39 is 10.0 Å². The maximum Gasteiger partial charge on any atom is 0.238 e. The van der Waals surface area contributed by atoms with Gasteiger partial charge in [0.05, 0.1) is 17.2 Å². The molecule has 7 heteroatoms. The van der Waals surface area contributed by atoms with Crippen molar-refractivity contribution in [3.8, 4) is 5.75 Å². The monoisotopic (exact) mass is 420 g/mol. The second-order valence-electron chi connectivity index (χ2n) is 8.24. The first-order chi connectivity index (χ1) is 13.6. The van der Waals surface area contributed by atoms with Crippen molar-refractivity contribution in [2.24, 2.45) is 16.5 Å². The Balaban J connectivity index is 1.69. The van der Waals surface area contributed by atoms with E-state index in [1.54, 1.807) is 18.2 Å². The summed E-state index contributed by atoms with van der Waals surface area (Å²) in [5.74, 6) is 0.963. The van der Waals surface area contributed by atoms with Gasteiger partial charge in [0.25, 0.3) is 0 Å². The van der Waals surface area contributed by atoms with Crippen LogP contribution in [0.5, 0.6) is 5.75 Å². The van der Waals surface area contributed by atoms with Gasteiger partial charge in [0.1, 0.15) is 11.6 Å². The van der Waals surface area contributed by atoms with Crippen molar-refractivity contribution >= 4 is 15.7 Å². The fraction of sp³-hybridized carbons (Fsp3) is 0.455. The second-order valence-corrected chi connectivity index (χ2v) is 9.80. The molecule has 0 spiro atoms. The van der Waals surface area contributed by atoms with Crippen LogP contribution in [-0.2, 0) is 10.0 Å². The standard InChI is InChI=1S/C22H29FN2O3S/c1-4-5-12-28-20-11-8-16(23)13-19(20)25-14-18-21(22(18,2)3)15-6-9-17(10-7-15)29(24,26)27/h6-11,13,18,21,25H,4-5,12,14H2,1-3H3,(H2,24,26,27)/t18-,21-/m1/s1. The van der Waals surface area contributed by atoms with E-state index >= 15 is 0 Å². The van der Waals surface area contributed by atoms with Crippen LogP contribution in [0, 0.1) is 17.2 Å². The van der Waals surface area contributed by atoms with E-state index in [1.165, 1.54) is 12.1 Å². The van der Waals surface area contributed by atoms with Gasteiger partial charge in [-0.15, -0.1) is 0 Å². The summed E-state index contributed by atoms with van der Waals surface area (Å²) in [6, 6.07) is 11.3. The molecule has 1 aliphatic carbocycles. The third-order valence-corrected chi connectivity index (χ3v) is 6.76. The summed E-state index contributed by atoms with van der Waals surface area (Å²) in [6.45, 7) is 7.73. The lowest BCUT2D eigenvalue weighted by Crippen LogP contribution is -2.12. The molecule has 0 heterocycles. The predicted octanol–water partition coefficient (Wildman–Crippen LogP) is 4.50. The Bertz CT molecular complexity index is 959. The lowest BCUT2D eigenvalue weighted by atomic mass is 10.0. The SMILES string of the molecule is CCCCOc1ccc(F)cc1NC[C@@H]1[C@@H](c2ccc(S(N)(=O)=O)cc2)C1(C)C. The number of nitrogens with one attached hydrogen (secondary N) is 1. The van der Waals surface area contributed by atoms with E-state index in [1.807, 2.05) is 12.1 Å². The van der Waals surface area contributed by atoms with Crippen LogP contribution in [-0.4, -0.2) is 21.6 Å². The van der Waals surface area contributed by atoms with Crippen molar-refractivity contribution in [2.75, 3.05) is 18.5 Å². The van der Waals surface area contributed by atoms with Crippen molar-refractivity contribution in [3.63, 3.8) is 0 Å². The zero-order valence-corrected chi connectivity index (χ0v) is 17.9. The molecule has 2 atom stereocenters. The fourth-order valence-corrected chi connectivity index (χ4v) is 4.48. The number of unbranched alkanes of at least 4 members (excludes halogenated alkanes) is 1. The first-order valence-corrected chi connectivity index (χ1v) is 11.5. The van der Waals surface area contributed by atoms with Gasteiger partial charge in [0.2, 0.25) is 10.0 Å². The largest absolute Gasteiger partial charge is 0.491 e. The van der Waals surface area contributed by atoms with Gasteiger partial charge >= 0.3 is 0 Å². The fourth-order valence-electron chi connectivity index (χ4n) is 3.96. The molecule has 5 nitrogen and oxygen atoms in total. The zero-order valence-electron chi connectivity index (χ0n) is 17.1. The van der Waals surface area contributed by atoms with Crippen LogP contribution in [0.25, 0.3) is 0 Å². The van der Waals surface area contributed by atoms with Gasteiger partial charge in [0.15, 0.2) is 0 Å². The second kappa shape index (κ2) is 8.32. The molecular weight excluding hydrogens is 391 g/mol. The molecule has 0 aromatic heterocycles. The average molecular weight is 421 g/mol. The van der Waals surface area contributed by atoms with Crippen LogP contribution in [0.1, 0.15) is 45.1 Å². The highest BCUT2D eigenvalue weighted by Crippen LogP contribution is 2.64. The summed E-state index contributed by atoms with van der Waals surface area (Å²) in [5.41, 5.74) is 1.78. The van der Waals surface area contributed by atoms with E-state index in [4.69, 9.17) is 9.88 Å². The van der Waals surface area contributed by atoms with E-state index in [0.29, 0.717) is 30.5 Å². The third kappa shape index (κ3) is 4.90. The number of sulfonamides is 1. The van der Waals surface area contributed by atoms with Gasteiger partial charge in [-0.1, -0.05) is 39.3 Å². The molecule has 3 N–H and O–H groups in total. The minimum atomic E-state index is -3.69. The molecule has 1 aliphatic rings. The number of anilines is 1. The van der Waals surface area contributed by atoms with Crippen molar-refractivity contribution in [1.29, 1.82) is 0 Å². The normalized spacial score (nSPS) is 20.3. The summed E-state index contributed by atoms with van der Waals surface area (Å²) in [7, 11) is -3.69. The summed E-state index contributed by atoms with van der Waals surface area (Å²) in [4.78, 5) is 0.114. The van der Waals surface area contributed by atoms with Crippen LogP contribution in [0.3, 0.4) is 0 Å². The molecule has 1 fully saturated rings. The van der Waals surface area contributed by atoms with Gasteiger partial charge in [0, 0.05) is 12.6 Å². The Morgan fingerprint density at radius 3 is 2.48 bits per heavy atom. The van der Waals surface area contributed by atoms with Crippen LogP contribution in [0.15, 0.2) is 47.4 Å². The van der Waals surface area contributed by atoms with E-state index in [2.05, 4.69) is 26.1 Å². The molecule has 0 saturated heterocycles. The number of nitrogens with two attached hydrogens (primary N) is 1. The third-order valence-electron chi connectivity index (χ3n) is 5.83. The molecule has 0 amide bonds. The number of hydrogen-bond donors (Lipinski definition) is 2. The summed E-state index contributed by atoms with van der Waals surface area (Å²) < 4.78 is 42.5. The molecule has 2 aromatic rings. The highest BCUT2D eigenvalue weighted by Gasteiger charge is 2.57. The maximum atomic E-state index is 13.7. The number of rotatable bonds is 9. The van der Waals surface area contributed by atoms with Crippen LogP contribution >= 0.6 is 0 Å². The van der Waals surface area contributed by atoms with Crippen molar-refractivity contribution in [2.45, 2.75) is 44.4 Å². The number of hydrogen-bond acceptors (Lipinski definition) is 4. The van der Waals surface area contributed by atoms with Gasteiger partial charge in [-0.05, 0) is 53.5 Å². The molecule has 0 bridgehead atoms. The number of benzene rings is 2. The zero-order chi connectivity index (χ0) is 21.2. The first-order valence-electron chi connectivity index (χ1n) is 9.93. The maximum absolute atomic E-state index is 13.7. The van der Waals surface area contributed by atoms with Crippen LogP contribution < -0.4 is 15.2 Å². The highest BCUT2D eigenvalue weighted by atomic mass is 32.2. The Morgan fingerprint density at radius 2 is 1.86 bits per heavy atom. The van der Waals surface area contributed by atoms with E-state index in [0.717, 1.165) is 18.4 Å². The highest BCUT2D eigenvalue weighted by molar-refractivity contribution is 7.89. The number of halogens is 1. The number of primary sulfonamides is 1. The predicted molar refractivity (Wildman–Crippen MR) is 113 cm³/mol. The van der Waals surface area contributed by atoms with Gasteiger partial charge in [-0.3, -0.25) is 0 Å². The Labute approximate surface area is 172 Å². The summed E-state index contributed by atoms with van der Waals surface area (Å²) in [5, 5.41) is 8.53. The first kappa shape index (κ1) is 21.6. The summed E-state index contributed by atoms with van der Waals surface area (Å²) >= 11 is 0. The molecule has 0 aliphatic heterocycles. The summed E-state index contributed by atoms with van der Waals surface area (Å²) in [6.07, 6.45) is 1.98. The molecule has 3 rings (SSSR count). The number of ether oxygens (including phenoxy) is 1. The average Bonchev–Trinajstić information content (AvgIpc) is 3.21. The molecule has 158 valence electrons. The Hall–Kier alpha value is -2.12. The van der Waals surface area contributed by atoms with Gasteiger partial charge < -0.3 is 10.1 Å². The van der Waals surface area contributed by atoms with Crippen LogP contribution in [0.2, 0.25) is 0 Å². The topological polar surface area (TPSA) is 81.4 Å². The smallest absolute Gasteiger partial charge is 0.238 e. The Kier molecular flexibility index (Phi) is 6.19. The molecule has 29 heavy (non-hydrogen) atoms. The molecule has 0 unspecified atom stereocenters.